The summed E-state index contributed by atoms with van der Waals surface area (Å²) in [5, 5.41) is 0. The third-order valence-electron chi connectivity index (χ3n) is 2.58. The van der Waals surface area contributed by atoms with Gasteiger partial charge in [0.05, 0.1) is 0 Å². The Kier molecular flexibility index (Phi) is 4.60. The standard InChI is InChI=1S/C13H21NO/c1-4-5-6-8-14-9-7-12(10-14)13(15)11(2)3/h7,9-11H,4-6,8H2,1-3H3. The first kappa shape index (κ1) is 12.0. The van der Waals surface area contributed by atoms with Crippen molar-refractivity contribution in [2.24, 2.45) is 5.92 Å². The first-order valence-electron chi connectivity index (χ1n) is 5.85. The van der Waals surface area contributed by atoms with Crippen LogP contribution < -0.4 is 0 Å². The maximum atomic E-state index is 11.7. The number of aromatic nitrogens is 1. The molecule has 0 atom stereocenters. The molecule has 1 rings (SSSR count). The largest absolute Gasteiger partial charge is 0.354 e. The summed E-state index contributed by atoms with van der Waals surface area (Å²) >= 11 is 0. The van der Waals surface area contributed by atoms with E-state index in [-0.39, 0.29) is 11.7 Å². The van der Waals surface area contributed by atoms with Gasteiger partial charge in [0.2, 0.25) is 0 Å². The molecule has 84 valence electrons. The number of hydrogen-bond acceptors (Lipinski definition) is 1. The van der Waals surface area contributed by atoms with Crippen molar-refractivity contribution >= 4 is 5.78 Å². The maximum Gasteiger partial charge on any atom is 0.166 e. The lowest BCUT2D eigenvalue weighted by Crippen LogP contribution is -2.06. The third-order valence-corrected chi connectivity index (χ3v) is 2.58. The topological polar surface area (TPSA) is 22.0 Å². The number of unbranched alkanes of at least 4 members (excludes halogenated alkanes) is 2. The number of rotatable bonds is 6. The first-order chi connectivity index (χ1) is 7.15. The summed E-state index contributed by atoms with van der Waals surface area (Å²) in [7, 11) is 0. The lowest BCUT2D eigenvalue weighted by molar-refractivity contribution is 0.0939. The molecule has 0 unspecified atom stereocenters. The lowest BCUT2D eigenvalue weighted by atomic mass is 10.0. The minimum absolute atomic E-state index is 0.0940. The second-order valence-corrected chi connectivity index (χ2v) is 4.36. The fourth-order valence-electron chi connectivity index (χ4n) is 1.60. The van der Waals surface area contributed by atoms with Crippen molar-refractivity contribution in [3.8, 4) is 0 Å². The van der Waals surface area contributed by atoms with Crippen LogP contribution in [-0.2, 0) is 6.54 Å². The molecule has 0 fully saturated rings. The molecule has 1 heterocycles. The van der Waals surface area contributed by atoms with E-state index in [0.29, 0.717) is 0 Å². The van der Waals surface area contributed by atoms with Crippen LogP contribution in [0.15, 0.2) is 18.5 Å². The number of Topliss-reactive ketones (excluding diaryl/α,β-unsaturated/α-hetero) is 1. The van der Waals surface area contributed by atoms with Crippen LogP contribution in [-0.4, -0.2) is 10.4 Å². The molecule has 0 saturated heterocycles. The van der Waals surface area contributed by atoms with E-state index in [1.807, 2.05) is 32.3 Å². The fourth-order valence-corrected chi connectivity index (χ4v) is 1.60. The predicted octanol–water partition coefficient (Wildman–Crippen LogP) is 3.52. The number of carbonyl (C=O) groups is 1. The van der Waals surface area contributed by atoms with Crippen LogP contribution in [0.1, 0.15) is 50.4 Å². The minimum atomic E-state index is 0.0940. The third kappa shape index (κ3) is 3.54. The smallest absolute Gasteiger partial charge is 0.166 e. The molecular formula is C13H21NO. The van der Waals surface area contributed by atoms with Gasteiger partial charge in [-0.3, -0.25) is 4.79 Å². The zero-order valence-electron chi connectivity index (χ0n) is 9.99. The average molecular weight is 207 g/mol. The van der Waals surface area contributed by atoms with Gasteiger partial charge in [-0.1, -0.05) is 33.6 Å². The number of ketones is 1. The molecule has 15 heavy (non-hydrogen) atoms. The van der Waals surface area contributed by atoms with Crippen LogP contribution in [0.25, 0.3) is 0 Å². The van der Waals surface area contributed by atoms with Crippen molar-refractivity contribution in [3.05, 3.63) is 24.0 Å². The molecule has 0 bridgehead atoms. The normalized spacial score (nSPS) is 10.9. The van der Waals surface area contributed by atoms with Crippen molar-refractivity contribution < 1.29 is 4.79 Å². The van der Waals surface area contributed by atoms with E-state index in [4.69, 9.17) is 0 Å². The Morgan fingerprint density at radius 3 is 2.73 bits per heavy atom. The molecule has 0 radical (unpaired) electrons. The highest BCUT2D eigenvalue weighted by Crippen LogP contribution is 2.10. The van der Waals surface area contributed by atoms with Crippen LogP contribution >= 0.6 is 0 Å². The summed E-state index contributed by atoms with van der Waals surface area (Å²) in [5.74, 6) is 0.334. The van der Waals surface area contributed by atoms with Gasteiger partial charge >= 0.3 is 0 Å². The first-order valence-corrected chi connectivity index (χ1v) is 5.85. The van der Waals surface area contributed by atoms with Crippen LogP contribution in [0.2, 0.25) is 0 Å². The Morgan fingerprint density at radius 2 is 2.13 bits per heavy atom. The Hall–Kier alpha value is -1.05. The van der Waals surface area contributed by atoms with E-state index in [0.717, 1.165) is 12.1 Å². The average Bonchev–Trinajstić information content (AvgIpc) is 2.65. The number of carbonyl (C=O) groups excluding carboxylic acids is 1. The molecular weight excluding hydrogens is 186 g/mol. The monoisotopic (exact) mass is 207 g/mol. The molecule has 2 heteroatoms. The number of nitrogens with zero attached hydrogens (tertiary/aromatic N) is 1. The summed E-state index contributed by atoms with van der Waals surface area (Å²) in [4.78, 5) is 11.7. The van der Waals surface area contributed by atoms with Crippen LogP contribution in [0.5, 0.6) is 0 Å². The van der Waals surface area contributed by atoms with E-state index in [2.05, 4.69) is 11.5 Å². The maximum absolute atomic E-state index is 11.7. The SMILES string of the molecule is CCCCCn1ccc(C(=O)C(C)C)c1. The van der Waals surface area contributed by atoms with Gasteiger partial charge in [-0.15, -0.1) is 0 Å². The van der Waals surface area contributed by atoms with Gasteiger partial charge in [0.1, 0.15) is 0 Å². The van der Waals surface area contributed by atoms with Crippen molar-refractivity contribution in [1.29, 1.82) is 0 Å². The Labute approximate surface area is 92.3 Å². The summed E-state index contributed by atoms with van der Waals surface area (Å²) in [6, 6.07) is 1.92. The zero-order valence-corrected chi connectivity index (χ0v) is 9.99. The highest BCUT2D eigenvalue weighted by atomic mass is 16.1. The van der Waals surface area contributed by atoms with Crippen LogP contribution in [0.3, 0.4) is 0 Å². The summed E-state index contributed by atoms with van der Waals surface area (Å²) in [6.45, 7) is 7.11. The highest BCUT2D eigenvalue weighted by molar-refractivity contribution is 5.97. The van der Waals surface area contributed by atoms with Gasteiger partial charge in [0.25, 0.3) is 0 Å². The quantitative estimate of drug-likeness (QED) is 0.517. The molecule has 0 saturated carbocycles. The molecule has 0 spiro atoms. The Bertz CT molecular complexity index is 312. The van der Waals surface area contributed by atoms with Gasteiger partial charge < -0.3 is 4.57 Å². The fraction of sp³-hybridized carbons (Fsp3) is 0.615. The van der Waals surface area contributed by atoms with Gasteiger partial charge in [-0.2, -0.15) is 0 Å². The summed E-state index contributed by atoms with van der Waals surface area (Å²) in [5.41, 5.74) is 0.849. The molecule has 0 amide bonds. The van der Waals surface area contributed by atoms with Crippen molar-refractivity contribution in [2.75, 3.05) is 0 Å². The number of aryl methyl sites for hydroxylation is 1. The van der Waals surface area contributed by atoms with Crippen molar-refractivity contribution in [3.63, 3.8) is 0 Å². The molecule has 0 aromatic carbocycles. The van der Waals surface area contributed by atoms with Gasteiger partial charge in [-0.05, 0) is 12.5 Å². The van der Waals surface area contributed by atoms with E-state index >= 15 is 0 Å². The summed E-state index contributed by atoms with van der Waals surface area (Å²) < 4.78 is 2.12. The van der Waals surface area contributed by atoms with E-state index in [1.54, 1.807) is 0 Å². The van der Waals surface area contributed by atoms with Gasteiger partial charge in [0, 0.05) is 30.4 Å². The zero-order chi connectivity index (χ0) is 11.3. The number of hydrogen-bond donors (Lipinski definition) is 0. The van der Waals surface area contributed by atoms with Crippen molar-refractivity contribution in [1.82, 2.24) is 4.57 Å². The Balaban J connectivity index is 2.52. The van der Waals surface area contributed by atoms with Gasteiger partial charge in [0.15, 0.2) is 5.78 Å². The van der Waals surface area contributed by atoms with Crippen LogP contribution in [0.4, 0.5) is 0 Å². The lowest BCUT2D eigenvalue weighted by Gasteiger charge is -2.02. The van der Waals surface area contributed by atoms with Crippen molar-refractivity contribution in [2.45, 2.75) is 46.6 Å². The van der Waals surface area contributed by atoms with E-state index in [1.165, 1.54) is 19.3 Å². The summed E-state index contributed by atoms with van der Waals surface area (Å²) in [6.07, 6.45) is 7.66. The van der Waals surface area contributed by atoms with E-state index in [9.17, 15) is 4.79 Å². The minimum Gasteiger partial charge on any atom is -0.354 e. The second kappa shape index (κ2) is 5.74. The molecule has 0 aliphatic rings. The molecule has 1 aromatic rings. The molecule has 0 N–H and O–H groups in total. The van der Waals surface area contributed by atoms with Crippen LogP contribution in [0, 0.1) is 5.92 Å². The molecule has 0 aliphatic heterocycles. The Morgan fingerprint density at radius 1 is 1.40 bits per heavy atom. The van der Waals surface area contributed by atoms with Gasteiger partial charge in [-0.25, -0.2) is 0 Å². The second-order valence-electron chi connectivity index (χ2n) is 4.36. The van der Waals surface area contributed by atoms with E-state index < -0.39 is 0 Å². The molecule has 2 nitrogen and oxygen atoms in total. The molecule has 1 aromatic heterocycles. The predicted molar refractivity (Wildman–Crippen MR) is 63.1 cm³/mol. The highest BCUT2D eigenvalue weighted by Gasteiger charge is 2.11. The molecule has 0 aliphatic carbocycles.